The Bertz CT molecular complexity index is 488. The maximum Gasteiger partial charge on any atom is 0.252 e. The van der Waals surface area contributed by atoms with E-state index in [1.54, 1.807) is 16.4 Å². The molecule has 0 saturated carbocycles. The minimum absolute atomic E-state index is 0.408. The van der Waals surface area contributed by atoms with Crippen LogP contribution < -0.4 is 0 Å². The molecule has 0 spiro atoms. The van der Waals surface area contributed by atoms with Crippen LogP contribution in [0.4, 0.5) is 0 Å². The van der Waals surface area contributed by atoms with Crippen molar-refractivity contribution in [2.24, 2.45) is 5.92 Å². The lowest BCUT2D eigenvalue weighted by Gasteiger charge is -2.14. The van der Waals surface area contributed by atoms with Crippen LogP contribution in [0, 0.1) is 5.92 Å². The lowest BCUT2D eigenvalue weighted by atomic mass is 10.1. The first kappa shape index (κ1) is 13.8. The van der Waals surface area contributed by atoms with Gasteiger partial charge in [-0.3, -0.25) is 0 Å². The van der Waals surface area contributed by atoms with Crippen molar-refractivity contribution < 1.29 is 8.42 Å². The fraction of sp³-hybridized carbons (Fsp3) is 0.600. The van der Waals surface area contributed by atoms with Gasteiger partial charge in [-0.2, -0.15) is 4.31 Å². The van der Waals surface area contributed by atoms with Crippen LogP contribution >= 0.6 is 38.9 Å². The highest BCUT2D eigenvalue weighted by molar-refractivity contribution is 9.11. The molecule has 17 heavy (non-hydrogen) atoms. The second-order valence-corrected chi connectivity index (χ2v) is 9.06. The molecule has 1 atom stereocenters. The molecule has 96 valence electrons. The van der Waals surface area contributed by atoms with Crippen LogP contribution in [0.15, 0.2) is 20.1 Å². The van der Waals surface area contributed by atoms with Gasteiger partial charge < -0.3 is 0 Å². The molecule has 1 aromatic heterocycles. The average Bonchev–Trinajstić information content (AvgIpc) is 2.88. The van der Waals surface area contributed by atoms with Crippen LogP contribution in [0.3, 0.4) is 0 Å². The second kappa shape index (κ2) is 5.57. The Morgan fingerprint density at radius 2 is 2.29 bits per heavy atom. The summed E-state index contributed by atoms with van der Waals surface area (Å²) >= 11 is 10.2. The molecule has 7 heteroatoms. The normalized spacial score (nSPS) is 22.1. The molecule has 2 heterocycles. The van der Waals surface area contributed by atoms with E-state index in [1.807, 2.05) is 0 Å². The van der Waals surface area contributed by atoms with Gasteiger partial charge in [0.1, 0.15) is 4.21 Å². The van der Waals surface area contributed by atoms with E-state index >= 15 is 0 Å². The lowest BCUT2D eigenvalue weighted by Crippen LogP contribution is -2.28. The number of halogens is 2. The molecule has 0 bridgehead atoms. The standard InChI is InChI=1S/C10H13BrClNO2S2/c11-9-1-2-10(16-9)17(14,15)13-6-4-8(7-13)3-5-12/h1-2,8H,3-7H2. The van der Waals surface area contributed by atoms with Gasteiger partial charge in [-0.05, 0) is 46.8 Å². The summed E-state index contributed by atoms with van der Waals surface area (Å²) in [6.07, 6.45) is 1.81. The highest BCUT2D eigenvalue weighted by atomic mass is 79.9. The van der Waals surface area contributed by atoms with E-state index in [0.717, 1.165) is 16.6 Å². The van der Waals surface area contributed by atoms with Gasteiger partial charge in [0, 0.05) is 19.0 Å². The number of hydrogen-bond donors (Lipinski definition) is 0. The van der Waals surface area contributed by atoms with Crippen molar-refractivity contribution in [1.82, 2.24) is 4.31 Å². The van der Waals surface area contributed by atoms with Crippen molar-refractivity contribution in [3.05, 3.63) is 15.9 Å². The van der Waals surface area contributed by atoms with Gasteiger partial charge in [0.15, 0.2) is 0 Å². The number of thiophene rings is 1. The highest BCUT2D eigenvalue weighted by Gasteiger charge is 2.32. The number of hydrogen-bond acceptors (Lipinski definition) is 3. The second-order valence-electron chi connectivity index (χ2n) is 4.05. The van der Waals surface area contributed by atoms with Crippen molar-refractivity contribution in [1.29, 1.82) is 0 Å². The first-order valence-electron chi connectivity index (χ1n) is 5.35. The Morgan fingerprint density at radius 3 is 2.88 bits per heavy atom. The molecule has 1 saturated heterocycles. The summed E-state index contributed by atoms with van der Waals surface area (Å²) in [7, 11) is -3.29. The Labute approximate surface area is 119 Å². The van der Waals surface area contributed by atoms with Crippen LogP contribution in [0.2, 0.25) is 0 Å². The molecule has 1 unspecified atom stereocenters. The fourth-order valence-corrected chi connectivity index (χ4v) is 5.97. The number of rotatable bonds is 4. The van der Waals surface area contributed by atoms with E-state index in [4.69, 9.17) is 11.6 Å². The number of nitrogens with zero attached hydrogens (tertiary/aromatic N) is 1. The minimum Gasteiger partial charge on any atom is -0.206 e. The van der Waals surface area contributed by atoms with Gasteiger partial charge in [0.2, 0.25) is 0 Å². The molecule has 1 aliphatic heterocycles. The molecule has 0 aliphatic carbocycles. The zero-order valence-corrected chi connectivity index (χ0v) is 13.1. The first-order chi connectivity index (χ1) is 8.04. The molecule has 3 nitrogen and oxygen atoms in total. The third-order valence-electron chi connectivity index (χ3n) is 2.91. The van der Waals surface area contributed by atoms with E-state index < -0.39 is 10.0 Å². The summed E-state index contributed by atoms with van der Waals surface area (Å²) in [6, 6.07) is 3.42. The Morgan fingerprint density at radius 1 is 1.53 bits per heavy atom. The van der Waals surface area contributed by atoms with Crippen LogP contribution in [-0.2, 0) is 10.0 Å². The van der Waals surface area contributed by atoms with E-state index in [-0.39, 0.29) is 0 Å². The Hall–Kier alpha value is 0.380. The molecule has 0 aromatic carbocycles. The zero-order valence-electron chi connectivity index (χ0n) is 9.10. The molecule has 2 rings (SSSR count). The molecule has 1 aliphatic rings. The van der Waals surface area contributed by atoms with Crippen molar-refractivity contribution in [3.8, 4) is 0 Å². The van der Waals surface area contributed by atoms with Gasteiger partial charge in [-0.15, -0.1) is 22.9 Å². The van der Waals surface area contributed by atoms with Crippen molar-refractivity contribution in [3.63, 3.8) is 0 Å². The predicted octanol–water partition coefficient (Wildman–Crippen LogP) is 3.15. The molecular formula is C10H13BrClNO2S2. The maximum absolute atomic E-state index is 12.3. The zero-order chi connectivity index (χ0) is 12.5. The lowest BCUT2D eigenvalue weighted by molar-refractivity contribution is 0.455. The van der Waals surface area contributed by atoms with Crippen LogP contribution in [0.25, 0.3) is 0 Å². The summed E-state index contributed by atoms with van der Waals surface area (Å²) in [5.74, 6) is 1.01. The quantitative estimate of drug-likeness (QED) is 0.775. The van der Waals surface area contributed by atoms with Crippen molar-refractivity contribution >= 4 is 48.9 Å². The molecule has 1 aromatic rings. The minimum atomic E-state index is -3.29. The van der Waals surface area contributed by atoms with Crippen molar-refractivity contribution in [2.75, 3.05) is 19.0 Å². The smallest absolute Gasteiger partial charge is 0.206 e. The first-order valence-corrected chi connectivity index (χ1v) is 8.94. The number of sulfonamides is 1. The summed E-state index contributed by atoms with van der Waals surface area (Å²) < 4.78 is 27.4. The molecular weight excluding hydrogens is 346 g/mol. The largest absolute Gasteiger partial charge is 0.252 e. The van der Waals surface area contributed by atoms with Crippen molar-refractivity contribution in [2.45, 2.75) is 17.1 Å². The van der Waals surface area contributed by atoms with Crippen LogP contribution in [0.1, 0.15) is 12.8 Å². The highest BCUT2D eigenvalue weighted by Crippen LogP contribution is 2.31. The van der Waals surface area contributed by atoms with E-state index in [1.165, 1.54) is 11.3 Å². The van der Waals surface area contributed by atoms with Gasteiger partial charge in [-0.25, -0.2) is 8.42 Å². The van der Waals surface area contributed by atoms with Crippen LogP contribution in [-0.4, -0.2) is 31.7 Å². The van der Waals surface area contributed by atoms with E-state index in [2.05, 4.69) is 15.9 Å². The molecule has 0 amide bonds. The molecule has 0 radical (unpaired) electrons. The fourth-order valence-electron chi connectivity index (χ4n) is 1.97. The average molecular weight is 359 g/mol. The SMILES string of the molecule is O=S(=O)(c1ccc(Br)s1)N1CCC(CCCl)C1. The van der Waals surface area contributed by atoms with Crippen LogP contribution in [0.5, 0.6) is 0 Å². The topological polar surface area (TPSA) is 37.4 Å². The third-order valence-corrected chi connectivity index (χ3v) is 7.08. The van der Waals surface area contributed by atoms with Gasteiger partial charge >= 0.3 is 0 Å². The molecule has 1 fully saturated rings. The maximum atomic E-state index is 12.3. The third kappa shape index (κ3) is 3.04. The summed E-state index contributed by atoms with van der Waals surface area (Å²) in [5.41, 5.74) is 0. The number of alkyl halides is 1. The summed E-state index contributed by atoms with van der Waals surface area (Å²) in [6.45, 7) is 1.21. The van der Waals surface area contributed by atoms with E-state index in [0.29, 0.717) is 29.1 Å². The predicted molar refractivity (Wildman–Crippen MR) is 74.2 cm³/mol. The summed E-state index contributed by atoms with van der Waals surface area (Å²) in [4.78, 5) is 0. The van der Waals surface area contributed by atoms with Gasteiger partial charge in [-0.1, -0.05) is 0 Å². The monoisotopic (exact) mass is 357 g/mol. The Kier molecular flexibility index (Phi) is 4.52. The van der Waals surface area contributed by atoms with Gasteiger partial charge in [0.25, 0.3) is 10.0 Å². The summed E-state index contributed by atoms with van der Waals surface area (Å²) in [5, 5.41) is 0. The Balaban J connectivity index is 2.13. The molecule has 0 N–H and O–H groups in total. The van der Waals surface area contributed by atoms with E-state index in [9.17, 15) is 8.42 Å². The van der Waals surface area contributed by atoms with Gasteiger partial charge in [0.05, 0.1) is 3.79 Å².